The summed E-state index contributed by atoms with van der Waals surface area (Å²) in [5.41, 5.74) is 2.53. The van der Waals surface area contributed by atoms with Gasteiger partial charge >= 0.3 is 0 Å². The zero-order valence-corrected chi connectivity index (χ0v) is 11.6. The van der Waals surface area contributed by atoms with E-state index in [2.05, 4.69) is 48.6 Å². The molecule has 0 saturated heterocycles. The van der Waals surface area contributed by atoms with Gasteiger partial charge in [-0.15, -0.1) is 0 Å². The number of benzene rings is 2. The van der Waals surface area contributed by atoms with Gasteiger partial charge in [0.15, 0.2) is 0 Å². The highest BCUT2D eigenvalue weighted by Crippen LogP contribution is 2.20. The van der Waals surface area contributed by atoms with E-state index >= 15 is 0 Å². The smallest absolute Gasteiger partial charge is 0.123 e. The van der Waals surface area contributed by atoms with Gasteiger partial charge in [-0.05, 0) is 18.1 Å². The molecular formula is C17H21NO. The summed E-state index contributed by atoms with van der Waals surface area (Å²) in [6.45, 7) is 3.02. The molecule has 0 aromatic heterocycles. The largest absolute Gasteiger partial charge is 0.496 e. The molecule has 0 aliphatic carbocycles. The molecule has 100 valence electrons. The second-order valence-corrected chi connectivity index (χ2v) is 4.56. The summed E-state index contributed by atoms with van der Waals surface area (Å²) in [5.74, 6) is 0.943. The molecule has 0 spiro atoms. The molecule has 19 heavy (non-hydrogen) atoms. The monoisotopic (exact) mass is 255 g/mol. The van der Waals surface area contributed by atoms with Crippen LogP contribution in [0.15, 0.2) is 54.6 Å². The second kappa shape index (κ2) is 6.95. The highest BCUT2D eigenvalue weighted by atomic mass is 16.5. The van der Waals surface area contributed by atoms with Gasteiger partial charge in [0.1, 0.15) is 5.75 Å². The fourth-order valence-electron chi connectivity index (χ4n) is 2.27. The SMILES string of the molecule is CCC(NCc1ccccc1OC)c1ccccc1. The van der Waals surface area contributed by atoms with Crippen molar-refractivity contribution in [3.8, 4) is 5.75 Å². The molecule has 0 heterocycles. The molecule has 0 saturated carbocycles. The lowest BCUT2D eigenvalue weighted by Gasteiger charge is -2.18. The first-order valence-electron chi connectivity index (χ1n) is 6.75. The third-order valence-electron chi connectivity index (χ3n) is 3.34. The minimum Gasteiger partial charge on any atom is -0.496 e. The van der Waals surface area contributed by atoms with Crippen molar-refractivity contribution in [2.45, 2.75) is 25.9 Å². The molecule has 0 radical (unpaired) electrons. The van der Waals surface area contributed by atoms with E-state index in [1.54, 1.807) is 7.11 Å². The van der Waals surface area contributed by atoms with Gasteiger partial charge in [-0.1, -0.05) is 55.5 Å². The molecule has 0 aliphatic rings. The number of para-hydroxylation sites is 1. The predicted octanol–water partition coefficient (Wildman–Crippen LogP) is 3.94. The summed E-state index contributed by atoms with van der Waals surface area (Å²) >= 11 is 0. The molecule has 2 rings (SSSR count). The molecular weight excluding hydrogens is 234 g/mol. The van der Waals surface area contributed by atoms with Crippen molar-refractivity contribution in [2.24, 2.45) is 0 Å². The summed E-state index contributed by atoms with van der Waals surface area (Å²) in [5, 5.41) is 3.60. The van der Waals surface area contributed by atoms with Gasteiger partial charge in [0, 0.05) is 18.2 Å². The van der Waals surface area contributed by atoms with Gasteiger partial charge < -0.3 is 10.1 Å². The highest BCUT2D eigenvalue weighted by molar-refractivity contribution is 5.33. The number of ether oxygens (including phenoxy) is 1. The Balaban J connectivity index is 2.04. The number of rotatable bonds is 6. The van der Waals surface area contributed by atoms with Crippen molar-refractivity contribution < 1.29 is 4.74 Å². The van der Waals surface area contributed by atoms with Crippen LogP contribution in [0.1, 0.15) is 30.5 Å². The van der Waals surface area contributed by atoms with Crippen LogP contribution >= 0.6 is 0 Å². The number of hydrogen-bond donors (Lipinski definition) is 1. The van der Waals surface area contributed by atoms with Crippen LogP contribution in [-0.2, 0) is 6.54 Å². The molecule has 2 nitrogen and oxygen atoms in total. The molecule has 0 amide bonds. The van der Waals surface area contributed by atoms with Gasteiger partial charge in [-0.2, -0.15) is 0 Å². The highest BCUT2D eigenvalue weighted by Gasteiger charge is 2.09. The minimum atomic E-state index is 0.381. The Hall–Kier alpha value is -1.80. The molecule has 0 aliphatic heterocycles. The normalized spacial score (nSPS) is 12.1. The van der Waals surface area contributed by atoms with Crippen LogP contribution in [0.3, 0.4) is 0 Å². The van der Waals surface area contributed by atoms with E-state index in [0.29, 0.717) is 6.04 Å². The first kappa shape index (κ1) is 13.6. The molecule has 0 fully saturated rings. The molecule has 0 bridgehead atoms. The second-order valence-electron chi connectivity index (χ2n) is 4.56. The standard InChI is InChI=1S/C17H21NO/c1-3-16(14-9-5-4-6-10-14)18-13-15-11-7-8-12-17(15)19-2/h4-12,16,18H,3,13H2,1-2H3. The van der Waals surface area contributed by atoms with Gasteiger partial charge in [0.2, 0.25) is 0 Å². The average molecular weight is 255 g/mol. The van der Waals surface area contributed by atoms with Gasteiger partial charge in [0.25, 0.3) is 0 Å². The lowest BCUT2D eigenvalue weighted by Crippen LogP contribution is -2.20. The number of hydrogen-bond acceptors (Lipinski definition) is 2. The summed E-state index contributed by atoms with van der Waals surface area (Å²) in [7, 11) is 1.72. The van der Waals surface area contributed by atoms with Gasteiger partial charge in [-0.3, -0.25) is 0 Å². The summed E-state index contributed by atoms with van der Waals surface area (Å²) in [6, 6.07) is 19.1. The Bertz CT molecular complexity index is 496. The predicted molar refractivity (Wildman–Crippen MR) is 79.3 cm³/mol. The van der Waals surface area contributed by atoms with Crippen LogP contribution in [0, 0.1) is 0 Å². The zero-order chi connectivity index (χ0) is 13.5. The summed E-state index contributed by atoms with van der Waals surface area (Å²) < 4.78 is 5.38. The van der Waals surface area contributed by atoms with E-state index in [1.165, 1.54) is 11.1 Å². The molecule has 2 heteroatoms. The van der Waals surface area contributed by atoms with Crippen molar-refractivity contribution in [1.82, 2.24) is 5.32 Å². The average Bonchev–Trinajstić information content (AvgIpc) is 2.49. The molecule has 2 aromatic carbocycles. The van der Waals surface area contributed by atoms with Crippen molar-refractivity contribution >= 4 is 0 Å². The quantitative estimate of drug-likeness (QED) is 0.844. The zero-order valence-electron chi connectivity index (χ0n) is 11.6. The van der Waals surface area contributed by atoms with E-state index in [1.807, 2.05) is 18.2 Å². The lowest BCUT2D eigenvalue weighted by molar-refractivity contribution is 0.404. The lowest BCUT2D eigenvalue weighted by atomic mass is 10.0. The maximum atomic E-state index is 5.38. The van der Waals surface area contributed by atoms with Crippen molar-refractivity contribution in [1.29, 1.82) is 0 Å². The maximum absolute atomic E-state index is 5.38. The van der Waals surface area contributed by atoms with Crippen molar-refractivity contribution in [2.75, 3.05) is 7.11 Å². The number of methoxy groups -OCH3 is 1. The van der Waals surface area contributed by atoms with E-state index < -0.39 is 0 Å². The van der Waals surface area contributed by atoms with Crippen LogP contribution in [0.25, 0.3) is 0 Å². The van der Waals surface area contributed by atoms with Crippen LogP contribution in [0.5, 0.6) is 5.75 Å². The van der Waals surface area contributed by atoms with Gasteiger partial charge in [-0.25, -0.2) is 0 Å². The van der Waals surface area contributed by atoms with Crippen LogP contribution in [0.2, 0.25) is 0 Å². The Labute approximate surface area is 115 Å². The first-order valence-corrected chi connectivity index (χ1v) is 6.75. The molecule has 1 unspecified atom stereocenters. The molecule has 1 atom stereocenters. The van der Waals surface area contributed by atoms with Crippen LogP contribution < -0.4 is 10.1 Å². The topological polar surface area (TPSA) is 21.3 Å². The Morgan fingerprint density at radius 2 is 1.68 bits per heavy atom. The molecule has 2 aromatic rings. The van der Waals surface area contributed by atoms with E-state index in [-0.39, 0.29) is 0 Å². The maximum Gasteiger partial charge on any atom is 0.123 e. The Morgan fingerprint density at radius 1 is 1.00 bits per heavy atom. The van der Waals surface area contributed by atoms with Crippen LogP contribution in [-0.4, -0.2) is 7.11 Å². The number of nitrogens with one attached hydrogen (secondary N) is 1. The van der Waals surface area contributed by atoms with E-state index in [9.17, 15) is 0 Å². The van der Waals surface area contributed by atoms with E-state index in [0.717, 1.165) is 18.7 Å². The summed E-state index contributed by atoms with van der Waals surface area (Å²) in [6.07, 6.45) is 1.07. The Morgan fingerprint density at radius 3 is 2.37 bits per heavy atom. The minimum absolute atomic E-state index is 0.381. The fourth-order valence-corrected chi connectivity index (χ4v) is 2.27. The van der Waals surface area contributed by atoms with Crippen LogP contribution in [0.4, 0.5) is 0 Å². The first-order chi connectivity index (χ1) is 9.35. The van der Waals surface area contributed by atoms with Crippen molar-refractivity contribution in [3.63, 3.8) is 0 Å². The molecule has 1 N–H and O–H groups in total. The third-order valence-corrected chi connectivity index (χ3v) is 3.34. The van der Waals surface area contributed by atoms with Crippen molar-refractivity contribution in [3.05, 3.63) is 65.7 Å². The fraction of sp³-hybridized carbons (Fsp3) is 0.294. The Kier molecular flexibility index (Phi) is 4.99. The summed E-state index contributed by atoms with van der Waals surface area (Å²) in [4.78, 5) is 0. The third kappa shape index (κ3) is 3.58. The van der Waals surface area contributed by atoms with Gasteiger partial charge in [0.05, 0.1) is 7.11 Å². The van der Waals surface area contributed by atoms with E-state index in [4.69, 9.17) is 4.74 Å².